The van der Waals surface area contributed by atoms with Gasteiger partial charge in [-0.3, -0.25) is 9.88 Å². The molecule has 1 unspecified atom stereocenters. The van der Waals surface area contributed by atoms with E-state index in [0.29, 0.717) is 11.8 Å². The van der Waals surface area contributed by atoms with Gasteiger partial charge in [-0.2, -0.15) is 0 Å². The Kier molecular flexibility index (Phi) is 5.72. The maximum absolute atomic E-state index is 13.8. The first-order valence-corrected chi connectivity index (χ1v) is 14.4. The molecule has 2 amide bonds. The van der Waals surface area contributed by atoms with Crippen LogP contribution in [0.25, 0.3) is 10.9 Å². The summed E-state index contributed by atoms with van der Waals surface area (Å²) in [4.78, 5) is 21.1. The first-order valence-electron chi connectivity index (χ1n) is 14.4. The van der Waals surface area contributed by atoms with Crippen LogP contribution in [0.1, 0.15) is 63.0 Å². The molecule has 0 radical (unpaired) electrons. The van der Waals surface area contributed by atoms with Crippen LogP contribution in [0.2, 0.25) is 0 Å². The van der Waals surface area contributed by atoms with E-state index in [4.69, 9.17) is 4.74 Å². The highest BCUT2D eigenvalue weighted by Gasteiger charge is 2.52. The van der Waals surface area contributed by atoms with E-state index >= 15 is 0 Å². The van der Waals surface area contributed by atoms with Gasteiger partial charge < -0.3 is 15.4 Å². The van der Waals surface area contributed by atoms with Crippen LogP contribution in [0.5, 0.6) is 5.75 Å². The molecule has 4 heterocycles. The van der Waals surface area contributed by atoms with Gasteiger partial charge in [-0.15, -0.1) is 6.58 Å². The minimum atomic E-state index is -0.111. The van der Waals surface area contributed by atoms with Crippen LogP contribution in [-0.2, 0) is 0 Å². The number of carbonyl (C=O) groups excluding carboxylic acids is 1. The van der Waals surface area contributed by atoms with E-state index in [2.05, 4.69) is 45.3 Å². The van der Waals surface area contributed by atoms with E-state index in [-0.39, 0.29) is 23.7 Å². The number of aromatic nitrogens is 1. The monoisotopic (exact) mass is 500 g/mol. The standard InChI is InChI=1S/C31H40N4O2/c1-3-22-18-35-9-7-23(22)13-28(35)29(25-6-8-32-27-5-4-24(37-2)14-26(25)27)33-30(36)34-31-15-19-10-20(16-31)12-21(11-19)17-31/h3-6,8,14,19-23,28-29H,1,7,9-13,15-18H2,2H3,(H2,33,34,36)/t19?,20?,21?,22-,23-,28-,29+,31?/m0/s1. The van der Waals surface area contributed by atoms with Crippen LogP contribution >= 0.6 is 0 Å². The van der Waals surface area contributed by atoms with E-state index in [1.165, 1.54) is 25.7 Å². The summed E-state index contributed by atoms with van der Waals surface area (Å²) < 4.78 is 5.57. The van der Waals surface area contributed by atoms with Crippen LogP contribution in [0, 0.1) is 29.6 Å². The summed E-state index contributed by atoms with van der Waals surface area (Å²) in [7, 11) is 1.70. The Labute approximate surface area is 220 Å². The maximum Gasteiger partial charge on any atom is 0.315 e. The number of methoxy groups -OCH3 is 1. The van der Waals surface area contributed by atoms with Gasteiger partial charge in [-0.25, -0.2) is 4.79 Å². The molecule has 2 aromatic rings. The zero-order valence-corrected chi connectivity index (χ0v) is 22.0. The summed E-state index contributed by atoms with van der Waals surface area (Å²) in [5.74, 6) is 4.39. The number of hydrogen-bond acceptors (Lipinski definition) is 4. The molecule has 37 heavy (non-hydrogen) atoms. The second-order valence-electron chi connectivity index (χ2n) is 12.8. The maximum atomic E-state index is 13.8. The minimum Gasteiger partial charge on any atom is -0.497 e. The largest absolute Gasteiger partial charge is 0.497 e. The van der Waals surface area contributed by atoms with Gasteiger partial charge in [-0.05, 0) is 117 Å². The predicted molar refractivity (Wildman–Crippen MR) is 145 cm³/mol. The van der Waals surface area contributed by atoms with E-state index in [0.717, 1.165) is 78.7 Å². The quantitative estimate of drug-likeness (QED) is 0.518. The lowest BCUT2D eigenvalue weighted by molar-refractivity contribution is -0.0155. The number of urea groups is 1. The Morgan fingerprint density at radius 3 is 2.57 bits per heavy atom. The summed E-state index contributed by atoms with van der Waals surface area (Å²) in [6.07, 6.45) is 13.9. The van der Waals surface area contributed by atoms with Crippen molar-refractivity contribution >= 4 is 16.9 Å². The minimum absolute atomic E-state index is 0.00252. The first-order chi connectivity index (χ1) is 18.0. The number of carbonyl (C=O) groups is 1. The van der Waals surface area contributed by atoms with Gasteiger partial charge in [0.15, 0.2) is 0 Å². The van der Waals surface area contributed by atoms with E-state index in [1.807, 2.05) is 18.3 Å². The fourth-order valence-electron chi connectivity index (χ4n) is 9.33. The Balaban J connectivity index is 1.21. The number of hydrogen-bond donors (Lipinski definition) is 2. The molecule has 2 N–H and O–H groups in total. The van der Waals surface area contributed by atoms with Crippen molar-refractivity contribution in [2.24, 2.45) is 29.6 Å². The van der Waals surface area contributed by atoms with Gasteiger partial charge in [0.2, 0.25) is 0 Å². The van der Waals surface area contributed by atoms with Gasteiger partial charge in [0.05, 0.1) is 18.7 Å². The molecule has 7 aliphatic rings. The lowest BCUT2D eigenvalue weighted by Crippen LogP contribution is -2.63. The molecule has 5 atom stereocenters. The van der Waals surface area contributed by atoms with Crippen molar-refractivity contribution in [2.75, 3.05) is 20.2 Å². The van der Waals surface area contributed by atoms with Crippen molar-refractivity contribution in [1.29, 1.82) is 0 Å². The molecule has 9 rings (SSSR count). The third kappa shape index (κ3) is 4.12. The number of nitrogens with one attached hydrogen (secondary N) is 2. The SMILES string of the molecule is C=C[C@H]1CN2CC[C@H]1C[C@H]2[C@H](NC(=O)NC12CC3CC(CC(C3)C1)C2)c1ccnc2ccc(OC)cc12. The lowest BCUT2D eigenvalue weighted by Gasteiger charge is -2.57. The molecule has 6 heteroatoms. The summed E-state index contributed by atoms with van der Waals surface area (Å²) in [5, 5.41) is 8.17. The number of ether oxygens (including phenoxy) is 1. The lowest BCUT2D eigenvalue weighted by atomic mass is 9.53. The number of piperidine rings is 3. The van der Waals surface area contributed by atoms with Crippen molar-refractivity contribution in [1.82, 2.24) is 20.5 Å². The van der Waals surface area contributed by atoms with Crippen LogP contribution in [-0.4, -0.2) is 47.7 Å². The van der Waals surface area contributed by atoms with Crippen LogP contribution in [0.15, 0.2) is 43.1 Å². The topological polar surface area (TPSA) is 66.5 Å². The second kappa shape index (κ2) is 9.00. The van der Waals surface area contributed by atoms with Gasteiger partial charge in [0.25, 0.3) is 0 Å². The second-order valence-corrected chi connectivity index (χ2v) is 12.8. The highest BCUT2D eigenvalue weighted by atomic mass is 16.5. The van der Waals surface area contributed by atoms with E-state index < -0.39 is 0 Å². The van der Waals surface area contributed by atoms with Gasteiger partial charge in [-0.1, -0.05) is 6.08 Å². The fourth-order valence-corrected chi connectivity index (χ4v) is 9.33. The van der Waals surface area contributed by atoms with Crippen LogP contribution in [0.4, 0.5) is 4.79 Å². The van der Waals surface area contributed by atoms with Crippen LogP contribution in [0.3, 0.4) is 0 Å². The van der Waals surface area contributed by atoms with Crippen LogP contribution < -0.4 is 15.4 Å². The molecular weight excluding hydrogens is 460 g/mol. The molecule has 6 bridgehead atoms. The number of amides is 2. The molecule has 0 spiro atoms. The first kappa shape index (κ1) is 23.5. The van der Waals surface area contributed by atoms with Gasteiger partial charge in [0.1, 0.15) is 5.75 Å². The zero-order chi connectivity index (χ0) is 25.1. The molecular formula is C31H40N4O2. The number of fused-ring (bicyclic) bond motifs is 4. The Morgan fingerprint density at radius 1 is 1.16 bits per heavy atom. The average molecular weight is 501 g/mol. The van der Waals surface area contributed by atoms with Gasteiger partial charge in [0, 0.05) is 29.7 Å². The van der Waals surface area contributed by atoms with Crippen molar-refractivity contribution in [3.05, 3.63) is 48.7 Å². The molecule has 3 aliphatic heterocycles. The summed E-state index contributed by atoms with van der Waals surface area (Å²) in [6.45, 7) is 6.23. The fraction of sp³-hybridized carbons (Fsp3) is 0.613. The van der Waals surface area contributed by atoms with E-state index in [1.54, 1.807) is 7.11 Å². The molecule has 196 valence electrons. The number of pyridine rings is 1. The molecule has 1 aromatic carbocycles. The average Bonchev–Trinajstić information content (AvgIpc) is 2.90. The van der Waals surface area contributed by atoms with Crippen molar-refractivity contribution in [3.8, 4) is 5.75 Å². The summed E-state index contributed by atoms with van der Waals surface area (Å²) in [5.41, 5.74) is 2.07. The number of rotatable bonds is 6. The normalized spacial score (nSPS) is 38.4. The van der Waals surface area contributed by atoms with Crippen molar-refractivity contribution in [3.63, 3.8) is 0 Å². The molecule has 7 fully saturated rings. The van der Waals surface area contributed by atoms with Crippen molar-refractivity contribution < 1.29 is 9.53 Å². The molecule has 1 aromatic heterocycles. The molecule has 6 nitrogen and oxygen atoms in total. The molecule has 4 aliphatic carbocycles. The highest BCUT2D eigenvalue weighted by molar-refractivity contribution is 5.85. The predicted octanol–water partition coefficient (Wildman–Crippen LogP) is 5.45. The Bertz CT molecular complexity index is 1180. The smallest absolute Gasteiger partial charge is 0.315 e. The number of benzene rings is 1. The third-order valence-corrected chi connectivity index (χ3v) is 10.6. The summed E-state index contributed by atoms with van der Waals surface area (Å²) >= 11 is 0. The summed E-state index contributed by atoms with van der Waals surface area (Å²) in [6, 6.07) is 8.31. The Hall–Kier alpha value is -2.60. The third-order valence-electron chi connectivity index (χ3n) is 10.6. The molecule has 3 saturated heterocycles. The van der Waals surface area contributed by atoms with Gasteiger partial charge >= 0.3 is 6.03 Å². The number of nitrogens with zero attached hydrogens (tertiary/aromatic N) is 2. The van der Waals surface area contributed by atoms with E-state index in [9.17, 15) is 4.79 Å². The highest BCUT2D eigenvalue weighted by Crippen LogP contribution is 2.55. The zero-order valence-electron chi connectivity index (χ0n) is 22.0. The Morgan fingerprint density at radius 2 is 1.92 bits per heavy atom. The van der Waals surface area contributed by atoms with Crippen molar-refractivity contribution in [2.45, 2.75) is 69.0 Å². The molecule has 4 saturated carbocycles.